The van der Waals surface area contributed by atoms with Crippen LogP contribution in [0.3, 0.4) is 0 Å². The molecule has 1 aromatic carbocycles. The highest BCUT2D eigenvalue weighted by atomic mass is 16.3. The van der Waals surface area contributed by atoms with Crippen LogP contribution in [-0.2, 0) is 0 Å². The van der Waals surface area contributed by atoms with E-state index in [1.807, 2.05) is 42.6 Å². The van der Waals surface area contributed by atoms with Gasteiger partial charge in [0, 0.05) is 50.3 Å². The molecule has 29 heavy (non-hydrogen) atoms. The number of para-hydroxylation sites is 1. The van der Waals surface area contributed by atoms with Gasteiger partial charge >= 0.3 is 0 Å². The first-order valence-electron chi connectivity index (χ1n) is 10.0. The second-order valence-electron chi connectivity index (χ2n) is 7.52. The van der Waals surface area contributed by atoms with Crippen molar-refractivity contribution in [3.05, 3.63) is 55.0 Å². The molecule has 1 aliphatic rings. The predicted octanol–water partition coefficient (Wildman–Crippen LogP) is 3.39. The maximum Gasteiger partial charge on any atom is 0.196 e. The molecular weight excluding hydrogens is 364 g/mol. The summed E-state index contributed by atoms with van der Waals surface area (Å²) in [6.45, 7) is 7.15. The number of nitrogens with zero attached hydrogens (tertiary/aromatic N) is 5. The Morgan fingerprint density at radius 2 is 1.83 bits per heavy atom. The number of aromatic nitrogens is 3. The minimum absolute atomic E-state index is 0.239. The fourth-order valence-electron chi connectivity index (χ4n) is 3.99. The van der Waals surface area contributed by atoms with Gasteiger partial charge in [0.1, 0.15) is 23.2 Å². The van der Waals surface area contributed by atoms with E-state index < -0.39 is 0 Å². The Kier molecular flexibility index (Phi) is 4.73. The maximum atomic E-state index is 6.02. The summed E-state index contributed by atoms with van der Waals surface area (Å²) in [4.78, 5) is 18.1. The summed E-state index contributed by atoms with van der Waals surface area (Å²) in [5.74, 6) is 1.82. The SMILES string of the molecule is CC(CN1CCN(c2ccccn2)CC1)Nc1ncnc2c1oc1ccccc12. The average Bonchev–Trinajstić information content (AvgIpc) is 3.15. The van der Waals surface area contributed by atoms with Crippen LogP contribution in [0.4, 0.5) is 11.6 Å². The number of hydrogen-bond donors (Lipinski definition) is 1. The fraction of sp³-hybridized carbons (Fsp3) is 0.318. The van der Waals surface area contributed by atoms with Crippen LogP contribution in [0.5, 0.6) is 0 Å². The lowest BCUT2D eigenvalue weighted by molar-refractivity contribution is 0.250. The average molecular weight is 388 g/mol. The van der Waals surface area contributed by atoms with E-state index in [1.54, 1.807) is 6.33 Å². The number of benzene rings is 1. The first kappa shape index (κ1) is 17.9. The Bertz CT molecular complexity index is 1100. The van der Waals surface area contributed by atoms with Gasteiger partial charge in [0.25, 0.3) is 0 Å². The summed E-state index contributed by atoms with van der Waals surface area (Å²) in [7, 11) is 0. The van der Waals surface area contributed by atoms with Crippen molar-refractivity contribution < 1.29 is 4.42 Å². The third-order valence-electron chi connectivity index (χ3n) is 5.42. The van der Waals surface area contributed by atoms with E-state index in [-0.39, 0.29) is 6.04 Å². The molecule has 1 fully saturated rings. The Balaban J connectivity index is 1.24. The molecule has 1 unspecified atom stereocenters. The fourth-order valence-corrected chi connectivity index (χ4v) is 3.99. The molecule has 5 rings (SSSR count). The summed E-state index contributed by atoms with van der Waals surface area (Å²) in [5.41, 5.74) is 2.42. The van der Waals surface area contributed by atoms with Gasteiger partial charge in [0.15, 0.2) is 11.4 Å². The molecule has 4 heterocycles. The van der Waals surface area contributed by atoms with Gasteiger partial charge in [-0.3, -0.25) is 4.90 Å². The van der Waals surface area contributed by atoms with Gasteiger partial charge in [-0.05, 0) is 31.2 Å². The van der Waals surface area contributed by atoms with Crippen LogP contribution in [0.2, 0.25) is 0 Å². The number of furan rings is 1. The van der Waals surface area contributed by atoms with Crippen molar-refractivity contribution in [2.75, 3.05) is 42.9 Å². The monoisotopic (exact) mass is 388 g/mol. The van der Waals surface area contributed by atoms with E-state index in [2.05, 4.69) is 43.1 Å². The van der Waals surface area contributed by atoms with Crippen molar-refractivity contribution in [3.63, 3.8) is 0 Å². The normalized spacial score (nSPS) is 16.4. The van der Waals surface area contributed by atoms with Gasteiger partial charge in [-0.1, -0.05) is 18.2 Å². The van der Waals surface area contributed by atoms with E-state index in [9.17, 15) is 0 Å². The van der Waals surface area contributed by atoms with Crippen LogP contribution in [0.1, 0.15) is 6.92 Å². The molecule has 1 atom stereocenters. The van der Waals surface area contributed by atoms with Crippen molar-refractivity contribution in [1.82, 2.24) is 19.9 Å². The molecule has 0 spiro atoms. The van der Waals surface area contributed by atoms with Gasteiger partial charge in [0.05, 0.1) is 0 Å². The van der Waals surface area contributed by atoms with Gasteiger partial charge < -0.3 is 14.6 Å². The van der Waals surface area contributed by atoms with Crippen LogP contribution in [0, 0.1) is 0 Å². The third-order valence-corrected chi connectivity index (χ3v) is 5.42. The number of pyridine rings is 1. The Hall–Kier alpha value is -3.19. The smallest absolute Gasteiger partial charge is 0.196 e. The van der Waals surface area contributed by atoms with Crippen LogP contribution >= 0.6 is 0 Å². The van der Waals surface area contributed by atoms with Gasteiger partial charge in [-0.25, -0.2) is 15.0 Å². The van der Waals surface area contributed by atoms with Crippen molar-refractivity contribution in [2.45, 2.75) is 13.0 Å². The lowest BCUT2D eigenvalue weighted by atomic mass is 10.2. The van der Waals surface area contributed by atoms with Crippen molar-refractivity contribution in [3.8, 4) is 0 Å². The lowest BCUT2D eigenvalue weighted by Crippen LogP contribution is -2.49. The van der Waals surface area contributed by atoms with Gasteiger partial charge in [-0.15, -0.1) is 0 Å². The third kappa shape index (κ3) is 3.61. The zero-order chi connectivity index (χ0) is 19.6. The summed E-state index contributed by atoms with van der Waals surface area (Å²) < 4.78 is 6.02. The highest BCUT2D eigenvalue weighted by Gasteiger charge is 2.20. The molecule has 0 amide bonds. The molecule has 7 nitrogen and oxygen atoms in total. The molecule has 0 bridgehead atoms. The highest BCUT2D eigenvalue weighted by Crippen LogP contribution is 2.30. The van der Waals surface area contributed by atoms with Crippen LogP contribution in [-0.4, -0.2) is 58.6 Å². The number of piperazine rings is 1. The molecular formula is C22H24N6O. The largest absolute Gasteiger partial charge is 0.450 e. The Labute approximate surface area is 169 Å². The van der Waals surface area contributed by atoms with E-state index in [0.29, 0.717) is 0 Å². The second-order valence-corrected chi connectivity index (χ2v) is 7.52. The zero-order valence-electron chi connectivity index (χ0n) is 16.5. The van der Waals surface area contributed by atoms with Crippen molar-refractivity contribution in [1.29, 1.82) is 0 Å². The molecule has 1 N–H and O–H groups in total. The minimum atomic E-state index is 0.239. The molecule has 1 aliphatic heterocycles. The number of nitrogens with one attached hydrogen (secondary N) is 1. The molecule has 0 radical (unpaired) electrons. The maximum absolute atomic E-state index is 6.02. The van der Waals surface area contributed by atoms with Crippen LogP contribution < -0.4 is 10.2 Å². The first-order valence-corrected chi connectivity index (χ1v) is 10.0. The van der Waals surface area contributed by atoms with E-state index >= 15 is 0 Å². The predicted molar refractivity (Wildman–Crippen MR) is 115 cm³/mol. The summed E-state index contributed by atoms with van der Waals surface area (Å²) in [6.07, 6.45) is 3.46. The molecule has 1 saturated heterocycles. The standard InChI is InChI=1S/C22H24N6O/c1-16(14-27-10-12-28(13-11-27)19-8-4-5-9-23-19)26-22-21-20(24-15-25-22)17-6-2-3-7-18(17)29-21/h2-9,15-16H,10-14H2,1H3,(H,24,25,26). The molecule has 7 heteroatoms. The summed E-state index contributed by atoms with van der Waals surface area (Å²) in [5, 5.41) is 4.54. The molecule has 0 aliphatic carbocycles. The number of rotatable bonds is 5. The van der Waals surface area contributed by atoms with Gasteiger partial charge in [-0.2, -0.15) is 0 Å². The number of anilines is 2. The highest BCUT2D eigenvalue weighted by molar-refractivity contribution is 6.05. The molecule has 148 valence electrons. The van der Waals surface area contributed by atoms with Crippen LogP contribution in [0.15, 0.2) is 59.4 Å². The Morgan fingerprint density at radius 1 is 1.00 bits per heavy atom. The minimum Gasteiger partial charge on any atom is -0.450 e. The second kappa shape index (κ2) is 7.67. The van der Waals surface area contributed by atoms with E-state index in [0.717, 1.165) is 66.4 Å². The lowest BCUT2D eigenvalue weighted by Gasteiger charge is -2.36. The zero-order valence-corrected chi connectivity index (χ0v) is 16.5. The van der Waals surface area contributed by atoms with Crippen molar-refractivity contribution >= 4 is 33.7 Å². The van der Waals surface area contributed by atoms with Gasteiger partial charge in [0.2, 0.25) is 0 Å². The topological polar surface area (TPSA) is 70.3 Å². The quantitative estimate of drug-likeness (QED) is 0.562. The Morgan fingerprint density at radius 3 is 2.66 bits per heavy atom. The van der Waals surface area contributed by atoms with Crippen LogP contribution in [0.25, 0.3) is 22.1 Å². The molecule has 4 aromatic rings. The number of fused-ring (bicyclic) bond motifs is 3. The molecule has 0 saturated carbocycles. The number of hydrogen-bond acceptors (Lipinski definition) is 7. The first-order chi connectivity index (χ1) is 14.3. The van der Waals surface area contributed by atoms with E-state index in [1.165, 1.54) is 0 Å². The summed E-state index contributed by atoms with van der Waals surface area (Å²) in [6, 6.07) is 14.3. The van der Waals surface area contributed by atoms with E-state index in [4.69, 9.17) is 4.42 Å². The molecule has 3 aromatic heterocycles. The van der Waals surface area contributed by atoms with Crippen molar-refractivity contribution in [2.24, 2.45) is 0 Å². The summed E-state index contributed by atoms with van der Waals surface area (Å²) >= 11 is 0.